The van der Waals surface area contributed by atoms with Crippen molar-refractivity contribution >= 4 is 46.4 Å². The van der Waals surface area contributed by atoms with E-state index in [1.54, 1.807) is 6.07 Å². The molecule has 0 saturated heterocycles. The third kappa shape index (κ3) is 5.12. The van der Waals surface area contributed by atoms with Gasteiger partial charge in [0.2, 0.25) is 0 Å². The van der Waals surface area contributed by atoms with E-state index in [-0.39, 0.29) is 32.3 Å². The summed E-state index contributed by atoms with van der Waals surface area (Å²) in [6, 6.07) is 8.53. The van der Waals surface area contributed by atoms with Gasteiger partial charge in [0, 0.05) is 6.07 Å². The van der Waals surface area contributed by atoms with Crippen molar-refractivity contribution in [1.82, 2.24) is 0 Å². The number of hydrogen-bond donors (Lipinski definition) is 1. The summed E-state index contributed by atoms with van der Waals surface area (Å²) < 4.78 is 34.2. The summed E-state index contributed by atoms with van der Waals surface area (Å²) in [5, 5.41) is 3.05. The predicted octanol–water partition coefficient (Wildman–Crippen LogP) is 5.27. The number of ether oxygens (including phenoxy) is 2. The van der Waals surface area contributed by atoms with Crippen LogP contribution in [-0.2, 0) is 4.79 Å². The fraction of sp³-hybridized carbons (Fsp3) is 0.133. The van der Waals surface area contributed by atoms with E-state index in [9.17, 15) is 13.6 Å². The van der Waals surface area contributed by atoms with Crippen LogP contribution in [0, 0.1) is 0 Å². The van der Waals surface area contributed by atoms with Crippen LogP contribution in [0.5, 0.6) is 11.5 Å². The van der Waals surface area contributed by atoms with Gasteiger partial charge in [-0.25, -0.2) is 0 Å². The first-order valence-electron chi connectivity index (χ1n) is 6.48. The van der Waals surface area contributed by atoms with Crippen molar-refractivity contribution in [1.29, 1.82) is 0 Å². The second-order valence-electron chi connectivity index (χ2n) is 4.41. The lowest BCUT2D eigenvalue weighted by Gasteiger charge is -2.12. The van der Waals surface area contributed by atoms with Crippen LogP contribution in [0.1, 0.15) is 0 Å². The molecule has 0 aliphatic carbocycles. The number of alkyl halides is 2. The van der Waals surface area contributed by atoms with E-state index >= 15 is 0 Å². The molecule has 0 aromatic heterocycles. The zero-order chi connectivity index (χ0) is 17.7. The highest BCUT2D eigenvalue weighted by atomic mass is 35.5. The Bertz CT molecular complexity index is 744. The van der Waals surface area contributed by atoms with Crippen LogP contribution < -0.4 is 14.8 Å². The minimum atomic E-state index is -3.01. The van der Waals surface area contributed by atoms with Crippen LogP contribution in [0.15, 0.2) is 36.4 Å². The van der Waals surface area contributed by atoms with Crippen LogP contribution in [0.4, 0.5) is 14.5 Å². The molecule has 128 valence electrons. The SMILES string of the molecule is O=C(COc1cc(Cl)c(Cl)cc1Cl)Nc1ccccc1OC(F)F. The Kier molecular flexibility index (Phi) is 6.48. The molecule has 0 bridgehead atoms. The van der Waals surface area contributed by atoms with Gasteiger partial charge in [-0.2, -0.15) is 8.78 Å². The molecule has 1 amide bonds. The maximum atomic E-state index is 12.3. The number of nitrogens with one attached hydrogen (secondary N) is 1. The van der Waals surface area contributed by atoms with Gasteiger partial charge in [-0.3, -0.25) is 4.79 Å². The molecule has 24 heavy (non-hydrogen) atoms. The van der Waals surface area contributed by atoms with Gasteiger partial charge < -0.3 is 14.8 Å². The average molecular weight is 397 g/mol. The number of carbonyl (C=O) groups is 1. The fourth-order valence-electron chi connectivity index (χ4n) is 1.71. The Morgan fingerprint density at radius 3 is 2.42 bits per heavy atom. The third-order valence-corrected chi connectivity index (χ3v) is 3.73. The second-order valence-corrected chi connectivity index (χ2v) is 5.63. The zero-order valence-corrected chi connectivity index (χ0v) is 14.1. The van der Waals surface area contributed by atoms with Crippen molar-refractivity contribution in [3.05, 3.63) is 51.5 Å². The molecule has 0 fully saturated rings. The molecule has 0 unspecified atom stereocenters. The molecule has 0 aliphatic heterocycles. The Balaban J connectivity index is 2.01. The molecule has 2 aromatic carbocycles. The van der Waals surface area contributed by atoms with Gasteiger partial charge in [0.05, 0.1) is 20.8 Å². The number of benzene rings is 2. The van der Waals surface area contributed by atoms with Gasteiger partial charge in [-0.15, -0.1) is 0 Å². The first-order chi connectivity index (χ1) is 11.4. The summed E-state index contributed by atoms with van der Waals surface area (Å²) in [6.45, 7) is -3.42. The van der Waals surface area contributed by atoms with Gasteiger partial charge >= 0.3 is 6.61 Å². The van der Waals surface area contributed by atoms with E-state index in [0.29, 0.717) is 0 Å². The summed E-state index contributed by atoms with van der Waals surface area (Å²) in [7, 11) is 0. The number of hydrogen-bond acceptors (Lipinski definition) is 3. The van der Waals surface area contributed by atoms with Crippen LogP contribution in [0.2, 0.25) is 15.1 Å². The van der Waals surface area contributed by atoms with Gasteiger partial charge in [0.25, 0.3) is 5.91 Å². The lowest BCUT2D eigenvalue weighted by Crippen LogP contribution is -2.21. The smallest absolute Gasteiger partial charge is 0.387 e. The summed E-state index contributed by atoms with van der Waals surface area (Å²) in [4.78, 5) is 11.9. The van der Waals surface area contributed by atoms with Crippen molar-refractivity contribution in [2.75, 3.05) is 11.9 Å². The zero-order valence-electron chi connectivity index (χ0n) is 11.9. The van der Waals surface area contributed by atoms with E-state index in [1.165, 1.54) is 30.3 Å². The molecule has 0 spiro atoms. The molecule has 2 rings (SSSR count). The number of carbonyl (C=O) groups excluding carboxylic acids is 1. The highest BCUT2D eigenvalue weighted by molar-refractivity contribution is 6.43. The molecular formula is C15H10Cl3F2NO3. The topological polar surface area (TPSA) is 47.6 Å². The van der Waals surface area contributed by atoms with E-state index in [1.807, 2.05) is 0 Å². The summed E-state index contributed by atoms with van der Waals surface area (Å²) in [6.07, 6.45) is 0. The number of halogens is 5. The Morgan fingerprint density at radius 2 is 1.71 bits per heavy atom. The third-order valence-electron chi connectivity index (χ3n) is 2.71. The summed E-state index contributed by atoms with van der Waals surface area (Å²) >= 11 is 17.6. The van der Waals surface area contributed by atoms with Crippen LogP contribution in [-0.4, -0.2) is 19.1 Å². The molecule has 4 nitrogen and oxygen atoms in total. The molecule has 0 atom stereocenters. The highest BCUT2D eigenvalue weighted by Gasteiger charge is 2.13. The number of anilines is 1. The van der Waals surface area contributed by atoms with Gasteiger partial charge in [0.1, 0.15) is 11.5 Å². The van der Waals surface area contributed by atoms with Crippen LogP contribution in [0.3, 0.4) is 0 Å². The van der Waals surface area contributed by atoms with Gasteiger partial charge in [-0.1, -0.05) is 46.9 Å². The quantitative estimate of drug-likeness (QED) is 0.677. The lowest BCUT2D eigenvalue weighted by molar-refractivity contribution is -0.118. The van der Waals surface area contributed by atoms with E-state index in [2.05, 4.69) is 10.1 Å². The first kappa shape index (κ1) is 18.6. The van der Waals surface area contributed by atoms with E-state index < -0.39 is 19.1 Å². The number of para-hydroxylation sites is 2. The van der Waals surface area contributed by atoms with E-state index in [0.717, 1.165) is 0 Å². The molecule has 2 aromatic rings. The van der Waals surface area contributed by atoms with Crippen molar-refractivity contribution < 1.29 is 23.0 Å². The number of rotatable bonds is 6. The van der Waals surface area contributed by atoms with Gasteiger partial charge in [0.15, 0.2) is 6.61 Å². The van der Waals surface area contributed by atoms with Crippen LogP contribution >= 0.6 is 34.8 Å². The minimum Gasteiger partial charge on any atom is -0.482 e. The standard InChI is InChI=1S/C15H10Cl3F2NO3/c16-8-5-10(18)13(6-9(8)17)23-7-14(22)21-11-3-1-2-4-12(11)24-15(19)20/h1-6,15H,7H2,(H,21,22). The summed E-state index contributed by atoms with van der Waals surface area (Å²) in [5.41, 5.74) is 0.0895. The molecule has 0 aliphatic rings. The fourth-order valence-corrected chi connectivity index (χ4v) is 2.30. The Labute approximate surface area is 151 Å². The monoisotopic (exact) mass is 395 g/mol. The van der Waals surface area contributed by atoms with Crippen molar-refractivity contribution in [2.24, 2.45) is 0 Å². The summed E-state index contributed by atoms with van der Waals surface area (Å²) in [5.74, 6) is -0.589. The normalized spacial score (nSPS) is 10.6. The molecule has 1 N–H and O–H groups in total. The largest absolute Gasteiger partial charge is 0.482 e. The molecule has 0 radical (unpaired) electrons. The molecule has 9 heteroatoms. The Morgan fingerprint density at radius 1 is 1.04 bits per heavy atom. The molecule has 0 heterocycles. The maximum Gasteiger partial charge on any atom is 0.387 e. The average Bonchev–Trinajstić information content (AvgIpc) is 2.51. The highest BCUT2D eigenvalue weighted by Crippen LogP contribution is 2.34. The van der Waals surface area contributed by atoms with Crippen molar-refractivity contribution in [3.63, 3.8) is 0 Å². The van der Waals surface area contributed by atoms with Crippen molar-refractivity contribution in [3.8, 4) is 11.5 Å². The molecule has 0 saturated carbocycles. The predicted molar refractivity (Wildman–Crippen MR) is 88.7 cm³/mol. The number of amides is 1. The first-order valence-corrected chi connectivity index (χ1v) is 7.61. The van der Waals surface area contributed by atoms with Gasteiger partial charge in [-0.05, 0) is 18.2 Å². The lowest BCUT2D eigenvalue weighted by atomic mass is 10.3. The van der Waals surface area contributed by atoms with Crippen LogP contribution in [0.25, 0.3) is 0 Å². The maximum absolute atomic E-state index is 12.3. The van der Waals surface area contributed by atoms with E-state index in [4.69, 9.17) is 39.5 Å². The second kappa shape index (κ2) is 8.37. The van der Waals surface area contributed by atoms with Crippen molar-refractivity contribution in [2.45, 2.75) is 6.61 Å². The minimum absolute atomic E-state index is 0.0895. The Hall–Kier alpha value is -1.76. The molecular weight excluding hydrogens is 387 g/mol.